The Morgan fingerprint density at radius 3 is 2.59 bits per heavy atom. The molecule has 3 N–H and O–H groups in total. The highest BCUT2D eigenvalue weighted by molar-refractivity contribution is 7.98. The molecule has 3 aromatic rings. The highest BCUT2D eigenvalue weighted by atomic mass is 32.2. The number of carbonyl (C=O) groups is 1. The molecule has 0 radical (unpaired) electrons. The van der Waals surface area contributed by atoms with Crippen LogP contribution in [0, 0.1) is 0 Å². The van der Waals surface area contributed by atoms with Crippen LogP contribution in [-0.4, -0.2) is 50.6 Å². The van der Waals surface area contributed by atoms with Gasteiger partial charge >= 0.3 is 0 Å². The molecular formula is C20H19N3O3S. The Balaban J connectivity index is 1.88. The fourth-order valence-corrected chi connectivity index (χ4v) is 3.96. The van der Waals surface area contributed by atoms with Gasteiger partial charge in [0.15, 0.2) is 0 Å². The summed E-state index contributed by atoms with van der Waals surface area (Å²) in [5.74, 6) is -0.0940. The number of phenols is 1. The van der Waals surface area contributed by atoms with Gasteiger partial charge in [-0.2, -0.15) is 5.10 Å². The fraction of sp³-hybridized carbons (Fsp3) is 0.200. The lowest BCUT2D eigenvalue weighted by Gasteiger charge is -2.25. The zero-order valence-electron chi connectivity index (χ0n) is 14.7. The smallest absolute Gasteiger partial charge is 0.273 e. The Kier molecular flexibility index (Phi) is 4.63. The van der Waals surface area contributed by atoms with Crippen molar-refractivity contribution in [2.45, 2.75) is 10.9 Å². The number of β-amino-alcohol motifs (C(OH)–C–C–N with tert-alkyl or cyclic N) is 1. The predicted octanol–water partition coefficient (Wildman–Crippen LogP) is 3.04. The number of carbonyl (C=O) groups excluding carboxylic acids is 1. The van der Waals surface area contributed by atoms with Gasteiger partial charge in [0.1, 0.15) is 17.1 Å². The summed E-state index contributed by atoms with van der Waals surface area (Å²) in [5, 5.41) is 26.9. The van der Waals surface area contributed by atoms with Gasteiger partial charge in [0, 0.05) is 22.6 Å². The average Bonchev–Trinajstić information content (AvgIpc) is 3.23. The number of nitrogens with one attached hydrogen (secondary N) is 1. The van der Waals surface area contributed by atoms with E-state index in [0.29, 0.717) is 17.0 Å². The zero-order valence-corrected chi connectivity index (χ0v) is 15.5. The predicted molar refractivity (Wildman–Crippen MR) is 104 cm³/mol. The second-order valence-corrected chi connectivity index (χ2v) is 7.16. The van der Waals surface area contributed by atoms with E-state index in [1.807, 2.05) is 36.6 Å². The molecule has 1 aliphatic rings. The lowest BCUT2D eigenvalue weighted by molar-refractivity contribution is 0.0706. The minimum atomic E-state index is -0.371. The zero-order chi connectivity index (χ0) is 19.0. The summed E-state index contributed by atoms with van der Waals surface area (Å²) in [6, 6.07) is 14.6. The lowest BCUT2D eigenvalue weighted by atomic mass is 9.96. The number of hydrogen-bond donors (Lipinski definition) is 3. The third-order valence-corrected chi connectivity index (χ3v) is 5.54. The number of nitrogens with zero attached hydrogens (tertiary/aromatic N) is 2. The van der Waals surface area contributed by atoms with Crippen LogP contribution in [0.4, 0.5) is 0 Å². The highest BCUT2D eigenvalue weighted by Gasteiger charge is 2.42. The van der Waals surface area contributed by atoms with E-state index >= 15 is 0 Å². The standard InChI is InChI=1S/C20H19N3O3S/c1-27-13-8-6-12(7-9-13)19-16-17(14-4-2-3-5-15(14)25)21-22-18(16)20(26)23(19)10-11-24/h2-9,19,24-25H,10-11H2,1H3,(H,21,22)/t19-/m1/s1. The van der Waals surface area contributed by atoms with Crippen molar-refractivity contribution in [2.75, 3.05) is 19.4 Å². The van der Waals surface area contributed by atoms with Crippen molar-refractivity contribution in [3.8, 4) is 17.0 Å². The van der Waals surface area contributed by atoms with Gasteiger partial charge in [-0.15, -0.1) is 11.8 Å². The molecule has 7 heteroatoms. The van der Waals surface area contributed by atoms with Crippen molar-refractivity contribution in [1.82, 2.24) is 15.1 Å². The molecule has 1 amide bonds. The molecule has 0 saturated heterocycles. The van der Waals surface area contributed by atoms with Gasteiger partial charge in [-0.1, -0.05) is 24.3 Å². The highest BCUT2D eigenvalue weighted by Crippen LogP contribution is 2.44. The number of benzene rings is 2. The number of aromatic nitrogens is 2. The molecule has 4 rings (SSSR count). The number of amides is 1. The van der Waals surface area contributed by atoms with Gasteiger partial charge in [0.05, 0.1) is 12.6 Å². The molecular weight excluding hydrogens is 362 g/mol. The summed E-state index contributed by atoms with van der Waals surface area (Å²) in [6.07, 6.45) is 2.01. The molecule has 0 spiro atoms. The quantitative estimate of drug-likeness (QED) is 0.591. The lowest BCUT2D eigenvalue weighted by Crippen LogP contribution is -2.32. The topological polar surface area (TPSA) is 89.5 Å². The average molecular weight is 381 g/mol. The molecule has 0 saturated carbocycles. The molecule has 2 aromatic carbocycles. The summed E-state index contributed by atoms with van der Waals surface area (Å²) in [4.78, 5) is 15.7. The van der Waals surface area contributed by atoms with E-state index in [1.165, 1.54) is 0 Å². The molecule has 0 bridgehead atoms. The molecule has 6 nitrogen and oxygen atoms in total. The van der Waals surface area contributed by atoms with E-state index in [9.17, 15) is 15.0 Å². The first-order valence-electron chi connectivity index (χ1n) is 8.58. The van der Waals surface area contributed by atoms with Crippen LogP contribution in [-0.2, 0) is 0 Å². The van der Waals surface area contributed by atoms with Gasteiger partial charge in [0.25, 0.3) is 5.91 Å². The van der Waals surface area contributed by atoms with E-state index in [4.69, 9.17) is 0 Å². The molecule has 138 valence electrons. The third kappa shape index (κ3) is 2.89. The number of aliphatic hydroxyl groups excluding tert-OH is 1. The van der Waals surface area contributed by atoms with Crippen LogP contribution in [0.25, 0.3) is 11.3 Å². The summed E-state index contributed by atoms with van der Waals surface area (Å²) < 4.78 is 0. The Bertz CT molecular complexity index is 984. The molecule has 1 aliphatic heterocycles. The van der Waals surface area contributed by atoms with Gasteiger partial charge in [-0.3, -0.25) is 9.89 Å². The van der Waals surface area contributed by atoms with Crippen molar-refractivity contribution >= 4 is 17.7 Å². The Labute approximate surface area is 160 Å². The Morgan fingerprint density at radius 1 is 1.19 bits per heavy atom. The SMILES string of the molecule is CSc1ccc([C@@H]2c3c(-c4ccccc4O)n[nH]c3C(=O)N2CCO)cc1. The van der Waals surface area contributed by atoms with Gasteiger partial charge in [0.2, 0.25) is 0 Å². The maximum atomic E-state index is 12.9. The normalized spacial score (nSPS) is 16.0. The van der Waals surface area contributed by atoms with E-state index in [1.54, 1.807) is 34.9 Å². The maximum absolute atomic E-state index is 12.9. The van der Waals surface area contributed by atoms with Gasteiger partial charge < -0.3 is 15.1 Å². The molecule has 1 atom stereocenters. The van der Waals surface area contributed by atoms with E-state index in [2.05, 4.69) is 10.2 Å². The van der Waals surface area contributed by atoms with Crippen LogP contribution in [0.3, 0.4) is 0 Å². The van der Waals surface area contributed by atoms with Crippen LogP contribution in [0.2, 0.25) is 0 Å². The second-order valence-electron chi connectivity index (χ2n) is 6.28. The van der Waals surface area contributed by atoms with Crippen LogP contribution in [0.1, 0.15) is 27.7 Å². The maximum Gasteiger partial charge on any atom is 0.273 e. The number of aliphatic hydroxyl groups is 1. The number of hydrogen-bond acceptors (Lipinski definition) is 5. The van der Waals surface area contributed by atoms with Crippen LogP contribution < -0.4 is 0 Å². The van der Waals surface area contributed by atoms with Crippen LogP contribution >= 0.6 is 11.8 Å². The van der Waals surface area contributed by atoms with Gasteiger partial charge in [-0.05, 0) is 36.1 Å². The molecule has 0 unspecified atom stereocenters. The van der Waals surface area contributed by atoms with Crippen molar-refractivity contribution in [3.05, 3.63) is 65.4 Å². The number of thioether (sulfide) groups is 1. The summed E-state index contributed by atoms with van der Waals surface area (Å²) in [7, 11) is 0. The summed E-state index contributed by atoms with van der Waals surface area (Å²) in [6.45, 7) is 0.0886. The summed E-state index contributed by atoms with van der Waals surface area (Å²) >= 11 is 1.65. The number of para-hydroxylation sites is 1. The first-order chi connectivity index (χ1) is 13.2. The number of fused-ring (bicyclic) bond motifs is 1. The third-order valence-electron chi connectivity index (χ3n) is 4.80. The Hall–Kier alpha value is -2.77. The Morgan fingerprint density at radius 2 is 1.93 bits per heavy atom. The van der Waals surface area contributed by atoms with Crippen LogP contribution in [0.5, 0.6) is 5.75 Å². The second kappa shape index (κ2) is 7.09. The van der Waals surface area contributed by atoms with Crippen molar-refractivity contribution in [2.24, 2.45) is 0 Å². The first-order valence-corrected chi connectivity index (χ1v) is 9.80. The largest absolute Gasteiger partial charge is 0.507 e. The molecule has 1 aromatic heterocycles. The number of rotatable bonds is 5. The number of phenolic OH excluding ortho intramolecular Hbond substituents is 1. The van der Waals surface area contributed by atoms with E-state index in [-0.39, 0.29) is 30.9 Å². The minimum absolute atomic E-state index is 0.108. The van der Waals surface area contributed by atoms with E-state index < -0.39 is 0 Å². The molecule has 2 heterocycles. The monoisotopic (exact) mass is 381 g/mol. The molecule has 0 aliphatic carbocycles. The van der Waals surface area contributed by atoms with Crippen LogP contribution in [0.15, 0.2) is 53.4 Å². The van der Waals surface area contributed by atoms with Crippen molar-refractivity contribution < 1.29 is 15.0 Å². The fourth-order valence-electron chi connectivity index (χ4n) is 3.55. The first kappa shape index (κ1) is 17.6. The number of aromatic hydroxyl groups is 1. The minimum Gasteiger partial charge on any atom is -0.507 e. The molecule has 0 fully saturated rings. The number of aromatic amines is 1. The van der Waals surface area contributed by atoms with Gasteiger partial charge in [-0.25, -0.2) is 0 Å². The number of H-pyrrole nitrogens is 1. The van der Waals surface area contributed by atoms with E-state index in [0.717, 1.165) is 16.0 Å². The van der Waals surface area contributed by atoms with Crippen molar-refractivity contribution in [1.29, 1.82) is 0 Å². The summed E-state index contributed by atoms with van der Waals surface area (Å²) in [5.41, 5.74) is 3.19. The molecule has 27 heavy (non-hydrogen) atoms. The van der Waals surface area contributed by atoms with Crippen molar-refractivity contribution in [3.63, 3.8) is 0 Å².